The number of benzene rings is 1. The average Bonchev–Trinajstić information content (AvgIpc) is 2.54. The predicted octanol–water partition coefficient (Wildman–Crippen LogP) is 4.10. The van der Waals surface area contributed by atoms with Gasteiger partial charge in [0.1, 0.15) is 0 Å². The predicted molar refractivity (Wildman–Crippen MR) is 88.9 cm³/mol. The lowest BCUT2D eigenvalue weighted by Crippen LogP contribution is -2.30. The quantitative estimate of drug-likeness (QED) is 0.771. The topological polar surface area (TPSA) is 23.6 Å². The molecule has 132 valence electrons. The second-order valence-corrected chi connectivity index (χ2v) is 6.22. The first-order valence-corrected chi connectivity index (χ1v) is 8.07. The maximum atomic E-state index is 12.6. The number of alkyl halides is 3. The van der Waals surface area contributed by atoms with Gasteiger partial charge in [0.25, 0.3) is 0 Å². The minimum atomic E-state index is -4.29. The van der Waals surface area contributed by atoms with Crippen molar-refractivity contribution in [3.05, 3.63) is 41.5 Å². The van der Waals surface area contributed by atoms with Crippen molar-refractivity contribution in [2.24, 2.45) is 0 Å². The van der Waals surface area contributed by atoms with Crippen LogP contribution in [0.1, 0.15) is 31.2 Å². The van der Waals surface area contributed by atoms with Crippen molar-refractivity contribution >= 4 is 11.6 Å². The lowest BCUT2D eigenvalue weighted by atomic mass is 10.0. The van der Waals surface area contributed by atoms with Gasteiger partial charge in [-0.15, -0.1) is 0 Å². The summed E-state index contributed by atoms with van der Waals surface area (Å²) in [5.74, 6) is 0.119. The highest BCUT2D eigenvalue weighted by Gasteiger charge is 2.30. The molecule has 0 saturated carbocycles. The van der Waals surface area contributed by atoms with Crippen LogP contribution in [0.15, 0.2) is 35.9 Å². The maximum absolute atomic E-state index is 12.6. The summed E-state index contributed by atoms with van der Waals surface area (Å²) in [5.41, 5.74) is 1.53. The Labute approximate surface area is 140 Å². The van der Waals surface area contributed by atoms with Gasteiger partial charge in [-0.05, 0) is 43.5 Å². The van der Waals surface area contributed by atoms with Crippen LogP contribution in [-0.4, -0.2) is 38.0 Å². The molecule has 1 aromatic rings. The Morgan fingerprint density at radius 3 is 2.25 bits per heavy atom. The van der Waals surface area contributed by atoms with Gasteiger partial charge in [-0.3, -0.25) is 4.79 Å². The summed E-state index contributed by atoms with van der Waals surface area (Å²) >= 11 is 0. The molecule has 24 heavy (non-hydrogen) atoms. The van der Waals surface area contributed by atoms with Crippen LogP contribution >= 0.6 is 0 Å². The zero-order valence-corrected chi connectivity index (χ0v) is 14.1. The van der Waals surface area contributed by atoms with Gasteiger partial charge >= 0.3 is 6.18 Å². The Morgan fingerprint density at radius 2 is 1.75 bits per heavy atom. The summed E-state index contributed by atoms with van der Waals surface area (Å²) in [6.45, 7) is 1.58. The highest BCUT2D eigenvalue weighted by Crippen LogP contribution is 2.31. The first kappa shape index (κ1) is 18.4. The molecule has 0 spiro atoms. The van der Waals surface area contributed by atoms with Crippen molar-refractivity contribution in [3.8, 4) is 0 Å². The molecule has 0 unspecified atom stereocenters. The summed E-state index contributed by atoms with van der Waals surface area (Å²) in [7, 11) is 3.50. The molecule has 0 N–H and O–H groups in total. The van der Waals surface area contributed by atoms with Crippen molar-refractivity contribution in [1.82, 2.24) is 4.90 Å². The number of amides is 1. The van der Waals surface area contributed by atoms with Crippen LogP contribution in [0.3, 0.4) is 0 Å². The molecule has 1 saturated heterocycles. The van der Waals surface area contributed by atoms with Gasteiger partial charge in [-0.25, -0.2) is 0 Å². The van der Waals surface area contributed by atoms with E-state index in [0.29, 0.717) is 6.42 Å². The third-order valence-electron chi connectivity index (χ3n) is 4.26. The molecule has 6 heteroatoms. The lowest BCUT2D eigenvalue weighted by Gasteiger charge is -2.30. The largest absolute Gasteiger partial charge is 0.416 e. The second kappa shape index (κ2) is 7.73. The van der Waals surface area contributed by atoms with E-state index in [9.17, 15) is 18.0 Å². The minimum absolute atomic E-state index is 0.119. The van der Waals surface area contributed by atoms with E-state index < -0.39 is 11.7 Å². The van der Waals surface area contributed by atoms with E-state index in [1.165, 1.54) is 17.7 Å². The molecule has 0 atom stereocenters. The normalized spacial score (nSPS) is 15.4. The Hall–Kier alpha value is -1.98. The van der Waals surface area contributed by atoms with Crippen molar-refractivity contribution in [1.29, 1.82) is 0 Å². The SMILES string of the molecule is CN(C)C(=O)CCC=C1CCN(c2ccc(C(F)(F)F)cc2)CC1. The van der Waals surface area contributed by atoms with Crippen molar-refractivity contribution in [2.75, 3.05) is 32.1 Å². The molecule has 0 bridgehead atoms. The minimum Gasteiger partial charge on any atom is -0.371 e. The van der Waals surface area contributed by atoms with E-state index in [-0.39, 0.29) is 5.91 Å². The van der Waals surface area contributed by atoms with Crippen LogP contribution in [0.25, 0.3) is 0 Å². The van der Waals surface area contributed by atoms with E-state index in [4.69, 9.17) is 0 Å². The van der Waals surface area contributed by atoms with E-state index >= 15 is 0 Å². The number of rotatable bonds is 4. The molecule has 3 nitrogen and oxygen atoms in total. The van der Waals surface area contributed by atoms with E-state index in [1.807, 2.05) is 0 Å². The van der Waals surface area contributed by atoms with Crippen LogP contribution in [0.2, 0.25) is 0 Å². The number of carbonyl (C=O) groups is 1. The summed E-state index contributed by atoms with van der Waals surface area (Å²) in [6, 6.07) is 5.33. The monoisotopic (exact) mass is 340 g/mol. The van der Waals surface area contributed by atoms with Crippen LogP contribution in [-0.2, 0) is 11.0 Å². The van der Waals surface area contributed by atoms with Crippen LogP contribution in [0, 0.1) is 0 Å². The summed E-state index contributed by atoms with van der Waals surface area (Å²) in [5, 5.41) is 0. The fourth-order valence-corrected chi connectivity index (χ4v) is 2.74. The zero-order valence-electron chi connectivity index (χ0n) is 14.1. The summed E-state index contributed by atoms with van der Waals surface area (Å²) in [4.78, 5) is 15.2. The molecule has 1 aliphatic heterocycles. The number of carbonyl (C=O) groups excluding carboxylic acids is 1. The van der Waals surface area contributed by atoms with E-state index in [0.717, 1.165) is 50.2 Å². The smallest absolute Gasteiger partial charge is 0.371 e. The van der Waals surface area contributed by atoms with E-state index in [1.54, 1.807) is 19.0 Å². The van der Waals surface area contributed by atoms with Gasteiger partial charge in [0.2, 0.25) is 5.91 Å². The van der Waals surface area contributed by atoms with Crippen molar-refractivity contribution in [3.63, 3.8) is 0 Å². The lowest BCUT2D eigenvalue weighted by molar-refractivity contribution is -0.137. The van der Waals surface area contributed by atoms with Crippen molar-refractivity contribution in [2.45, 2.75) is 31.9 Å². The summed E-state index contributed by atoms with van der Waals surface area (Å²) < 4.78 is 37.8. The molecule has 1 heterocycles. The van der Waals surface area contributed by atoms with Gasteiger partial charge in [-0.1, -0.05) is 11.6 Å². The third-order valence-corrected chi connectivity index (χ3v) is 4.26. The fraction of sp³-hybridized carbons (Fsp3) is 0.500. The molecule has 1 amide bonds. The number of halogens is 3. The number of nitrogens with zero attached hydrogens (tertiary/aromatic N) is 2. The second-order valence-electron chi connectivity index (χ2n) is 6.22. The molecule has 0 aromatic heterocycles. The van der Waals surface area contributed by atoms with Gasteiger partial charge in [0.15, 0.2) is 0 Å². The molecule has 1 aromatic carbocycles. The highest BCUT2D eigenvalue weighted by molar-refractivity contribution is 5.75. The zero-order chi connectivity index (χ0) is 17.7. The number of piperidine rings is 1. The third kappa shape index (κ3) is 5.01. The van der Waals surface area contributed by atoms with Gasteiger partial charge < -0.3 is 9.80 Å². The molecular formula is C18H23F3N2O. The standard InChI is InChI=1S/C18H23F3N2O/c1-22(2)17(24)5-3-4-14-10-12-23(13-11-14)16-8-6-15(7-9-16)18(19,20)21/h4,6-9H,3,5,10-13H2,1-2H3. The first-order valence-electron chi connectivity index (χ1n) is 8.07. The van der Waals surface area contributed by atoms with Gasteiger partial charge in [-0.2, -0.15) is 13.2 Å². The summed E-state index contributed by atoms with van der Waals surface area (Å²) in [6.07, 6.45) is 0.867. The Bertz CT molecular complexity index is 581. The van der Waals surface area contributed by atoms with Crippen molar-refractivity contribution < 1.29 is 18.0 Å². The molecule has 2 rings (SSSR count). The Morgan fingerprint density at radius 1 is 1.17 bits per heavy atom. The molecule has 0 radical (unpaired) electrons. The number of allylic oxidation sites excluding steroid dienone is 1. The molecule has 0 aliphatic carbocycles. The fourth-order valence-electron chi connectivity index (χ4n) is 2.74. The Balaban J connectivity index is 1.85. The van der Waals surface area contributed by atoms with E-state index in [2.05, 4.69) is 11.0 Å². The van der Waals surface area contributed by atoms with Gasteiger partial charge in [0.05, 0.1) is 5.56 Å². The number of anilines is 1. The van der Waals surface area contributed by atoms with Crippen LogP contribution in [0.4, 0.5) is 18.9 Å². The van der Waals surface area contributed by atoms with Crippen LogP contribution < -0.4 is 4.90 Å². The number of hydrogen-bond acceptors (Lipinski definition) is 2. The first-order chi connectivity index (χ1) is 11.3. The highest BCUT2D eigenvalue weighted by atomic mass is 19.4. The van der Waals surface area contributed by atoms with Crippen LogP contribution in [0.5, 0.6) is 0 Å². The average molecular weight is 340 g/mol. The van der Waals surface area contributed by atoms with Gasteiger partial charge in [0, 0.05) is 39.3 Å². The molecule has 1 fully saturated rings. The molecular weight excluding hydrogens is 317 g/mol. The number of hydrogen-bond donors (Lipinski definition) is 0. The maximum Gasteiger partial charge on any atom is 0.416 e. The Kier molecular flexibility index (Phi) is 5.91. The molecule has 1 aliphatic rings.